The van der Waals surface area contributed by atoms with Crippen molar-refractivity contribution < 1.29 is 4.39 Å². The Balaban J connectivity index is 1.74. The molecule has 140 valence electrons. The van der Waals surface area contributed by atoms with Crippen LogP contribution >= 0.6 is 11.6 Å². The maximum atomic E-state index is 14.7. The standard InChI is InChI=1S/C20H26ClFN4/c1-2-3-4-5-6-19-24-9-10-26(19)13-16-17(21)11-14(12-18(16)22)20(23)25-15-7-8-15/h4-6,11-12,15,24H,2-3,7-10,13H2,1H3,(H2,23,25)/b5-4-,19-6+. The number of unbranched alkanes of at least 4 members (excludes halogenated alkanes) is 1. The monoisotopic (exact) mass is 376 g/mol. The summed E-state index contributed by atoms with van der Waals surface area (Å²) in [5.41, 5.74) is 7.02. The van der Waals surface area contributed by atoms with Gasteiger partial charge in [0.05, 0.1) is 6.04 Å². The molecule has 0 unspecified atom stereocenters. The third-order valence-corrected chi connectivity index (χ3v) is 4.87. The second-order valence-electron chi connectivity index (χ2n) is 6.78. The third-order valence-electron chi connectivity index (χ3n) is 4.53. The number of benzene rings is 1. The number of allylic oxidation sites excluding steroid dienone is 3. The number of hydrogen-bond acceptors (Lipinski definition) is 3. The van der Waals surface area contributed by atoms with E-state index in [0.717, 1.165) is 44.6 Å². The zero-order valence-corrected chi connectivity index (χ0v) is 15.9. The maximum absolute atomic E-state index is 14.7. The molecule has 1 aliphatic carbocycles. The van der Waals surface area contributed by atoms with E-state index >= 15 is 0 Å². The number of hydrogen-bond donors (Lipinski definition) is 2. The van der Waals surface area contributed by atoms with Gasteiger partial charge in [-0.25, -0.2) is 4.39 Å². The normalized spacial score (nSPS) is 19.6. The number of amidine groups is 1. The number of aliphatic imine (C=N–C) groups is 1. The summed E-state index contributed by atoms with van der Waals surface area (Å²) >= 11 is 6.37. The number of nitrogens with two attached hydrogens (primary N) is 1. The molecule has 1 saturated carbocycles. The summed E-state index contributed by atoms with van der Waals surface area (Å²) in [6.07, 6.45) is 10.5. The molecule has 1 aromatic rings. The van der Waals surface area contributed by atoms with Crippen molar-refractivity contribution in [2.75, 3.05) is 13.1 Å². The van der Waals surface area contributed by atoms with Crippen molar-refractivity contribution in [2.45, 2.75) is 45.2 Å². The van der Waals surface area contributed by atoms with Gasteiger partial charge in [-0.05, 0) is 37.5 Å². The lowest BCUT2D eigenvalue weighted by Crippen LogP contribution is -2.21. The van der Waals surface area contributed by atoms with Gasteiger partial charge in [0.2, 0.25) is 0 Å². The fraction of sp³-hybridized carbons (Fsp3) is 0.450. The highest BCUT2D eigenvalue weighted by Crippen LogP contribution is 2.27. The van der Waals surface area contributed by atoms with E-state index in [-0.39, 0.29) is 5.82 Å². The van der Waals surface area contributed by atoms with Crippen molar-refractivity contribution in [2.24, 2.45) is 10.7 Å². The van der Waals surface area contributed by atoms with Crippen LogP contribution in [0.1, 0.15) is 43.7 Å². The first-order valence-electron chi connectivity index (χ1n) is 9.25. The quantitative estimate of drug-likeness (QED) is 0.559. The zero-order valence-electron chi connectivity index (χ0n) is 15.1. The summed E-state index contributed by atoms with van der Waals surface area (Å²) in [6.45, 7) is 4.22. The smallest absolute Gasteiger partial charge is 0.130 e. The molecule has 4 nitrogen and oxygen atoms in total. The minimum absolute atomic E-state index is 0.292. The maximum Gasteiger partial charge on any atom is 0.130 e. The van der Waals surface area contributed by atoms with Crippen LogP contribution in [0.5, 0.6) is 0 Å². The van der Waals surface area contributed by atoms with Gasteiger partial charge in [0.25, 0.3) is 0 Å². The Morgan fingerprint density at radius 1 is 1.46 bits per heavy atom. The zero-order chi connectivity index (χ0) is 18.5. The Kier molecular flexibility index (Phi) is 6.20. The number of nitrogens with one attached hydrogen (secondary N) is 1. The molecule has 2 fully saturated rings. The first-order valence-corrected chi connectivity index (χ1v) is 9.63. The van der Waals surface area contributed by atoms with Crippen molar-refractivity contribution in [3.63, 3.8) is 0 Å². The van der Waals surface area contributed by atoms with Crippen LogP contribution in [0, 0.1) is 5.82 Å². The number of rotatable bonds is 7. The Morgan fingerprint density at radius 3 is 2.96 bits per heavy atom. The van der Waals surface area contributed by atoms with Gasteiger partial charge < -0.3 is 16.0 Å². The van der Waals surface area contributed by atoms with E-state index < -0.39 is 0 Å². The van der Waals surface area contributed by atoms with Crippen LogP contribution in [0.2, 0.25) is 5.02 Å². The number of nitrogens with zero attached hydrogens (tertiary/aromatic N) is 2. The molecule has 2 aliphatic rings. The Hall–Kier alpha value is -2.01. The van der Waals surface area contributed by atoms with Crippen LogP contribution in [0.25, 0.3) is 0 Å². The molecule has 0 radical (unpaired) electrons. The van der Waals surface area contributed by atoms with Gasteiger partial charge in [0.1, 0.15) is 17.5 Å². The van der Waals surface area contributed by atoms with Gasteiger partial charge in [-0.2, -0.15) is 0 Å². The van der Waals surface area contributed by atoms with E-state index in [1.54, 1.807) is 6.07 Å². The molecule has 0 atom stereocenters. The van der Waals surface area contributed by atoms with Crippen molar-refractivity contribution in [3.05, 3.63) is 58.1 Å². The van der Waals surface area contributed by atoms with E-state index in [2.05, 4.69) is 28.2 Å². The average Bonchev–Trinajstić information content (AvgIpc) is 3.31. The molecular weight excluding hydrogens is 351 g/mol. The summed E-state index contributed by atoms with van der Waals surface area (Å²) in [6, 6.07) is 3.45. The Bertz CT molecular complexity index is 714. The summed E-state index contributed by atoms with van der Waals surface area (Å²) in [5.74, 6) is 1.02. The summed E-state index contributed by atoms with van der Waals surface area (Å²) < 4.78 is 14.7. The van der Waals surface area contributed by atoms with Crippen molar-refractivity contribution in [1.29, 1.82) is 0 Å². The first-order chi connectivity index (χ1) is 12.6. The van der Waals surface area contributed by atoms with Crippen molar-refractivity contribution >= 4 is 17.4 Å². The molecule has 1 heterocycles. The highest BCUT2D eigenvalue weighted by molar-refractivity contribution is 6.31. The summed E-state index contributed by atoms with van der Waals surface area (Å²) in [7, 11) is 0. The van der Waals surface area contributed by atoms with Crippen LogP contribution in [-0.2, 0) is 6.54 Å². The lowest BCUT2D eigenvalue weighted by Gasteiger charge is -2.20. The van der Waals surface area contributed by atoms with Gasteiger partial charge in [0, 0.05) is 35.8 Å². The molecule has 1 saturated heterocycles. The fourth-order valence-electron chi connectivity index (χ4n) is 2.87. The molecule has 6 heteroatoms. The minimum atomic E-state index is -0.339. The van der Waals surface area contributed by atoms with Crippen molar-refractivity contribution in [1.82, 2.24) is 10.2 Å². The van der Waals surface area contributed by atoms with E-state index in [4.69, 9.17) is 17.3 Å². The molecule has 0 spiro atoms. The minimum Gasteiger partial charge on any atom is -0.383 e. The SMILES string of the molecule is CCC/C=C\C=C1/NCCN1Cc1c(F)cc(C(N)=NC2CC2)cc1Cl. The molecule has 3 rings (SSSR count). The lowest BCUT2D eigenvalue weighted by molar-refractivity contribution is 0.380. The Morgan fingerprint density at radius 2 is 2.27 bits per heavy atom. The topological polar surface area (TPSA) is 53.6 Å². The van der Waals surface area contributed by atoms with Gasteiger partial charge in [0.15, 0.2) is 0 Å². The lowest BCUT2D eigenvalue weighted by atomic mass is 10.1. The predicted octanol–water partition coefficient (Wildman–Crippen LogP) is 3.95. The van der Waals surface area contributed by atoms with E-state index in [1.807, 2.05) is 12.2 Å². The summed E-state index contributed by atoms with van der Waals surface area (Å²) in [5, 5.41) is 3.72. The Labute approximate surface area is 159 Å². The van der Waals surface area contributed by atoms with Gasteiger partial charge in [-0.3, -0.25) is 4.99 Å². The predicted molar refractivity (Wildman–Crippen MR) is 106 cm³/mol. The van der Waals surface area contributed by atoms with E-state index in [1.165, 1.54) is 6.07 Å². The first kappa shape index (κ1) is 18.8. The summed E-state index contributed by atoms with van der Waals surface area (Å²) in [4.78, 5) is 6.47. The van der Waals surface area contributed by atoms with Crippen LogP contribution in [-0.4, -0.2) is 29.9 Å². The van der Waals surface area contributed by atoms with Gasteiger partial charge in [-0.1, -0.05) is 37.1 Å². The average molecular weight is 377 g/mol. The van der Waals surface area contributed by atoms with Crippen LogP contribution in [0.15, 0.2) is 41.2 Å². The fourth-order valence-corrected chi connectivity index (χ4v) is 3.14. The second kappa shape index (κ2) is 8.58. The molecule has 1 aliphatic heterocycles. The molecular formula is C20H26ClFN4. The largest absolute Gasteiger partial charge is 0.383 e. The van der Waals surface area contributed by atoms with Crippen LogP contribution < -0.4 is 11.1 Å². The van der Waals surface area contributed by atoms with Crippen LogP contribution in [0.4, 0.5) is 4.39 Å². The molecule has 0 amide bonds. The van der Waals surface area contributed by atoms with Crippen LogP contribution in [0.3, 0.4) is 0 Å². The molecule has 3 N–H and O–H groups in total. The third kappa shape index (κ3) is 4.79. The second-order valence-corrected chi connectivity index (χ2v) is 7.19. The molecule has 0 bridgehead atoms. The van der Waals surface area contributed by atoms with Gasteiger partial charge in [-0.15, -0.1) is 0 Å². The molecule has 26 heavy (non-hydrogen) atoms. The molecule has 0 aromatic heterocycles. The molecule has 1 aromatic carbocycles. The number of halogens is 2. The highest BCUT2D eigenvalue weighted by atomic mass is 35.5. The van der Waals surface area contributed by atoms with E-state index in [0.29, 0.717) is 34.6 Å². The van der Waals surface area contributed by atoms with Gasteiger partial charge >= 0.3 is 0 Å². The van der Waals surface area contributed by atoms with E-state index in [9.17, 15) is 4.39 Å². The highest BCUT2D eigenvalue weighted by Gasteiger charge is 2.22. The van der Waals surface area contributed by atoms with Crippen molar-refractivity contribution in [3.8, 4) is 0 Å².